The van der Waals surface area contributed by atoms with Gasteiger partial charge in [0.25, 0.3) is 10.0 Å². The number of ether oxygens (including phenoxy) is 1. The molecule has 0 fully saturated rings. The Morgan fingerprint density at radius 1 is 1.24 bits per heavy atom. The number of hydrogen-bond acceptors (Lipinski definition) is 4. The number of aromatic nitrogens is 1. The van der Waals surface area contributed by atoms with E-state index in [2.05, 4.69) is 26.0 Å². The van der Waals surface area contributed by atoms with Crippen LogP contribution in [0.25, 0.3) is 10.9 Å². The summed E-state index contributed by atoms with van der Waals surface area (Å²) in [6.07, 6.45) is -1.34. The van der Waals surface area contributed by atoms with Crippen LogP contribution in [0.2, 0.25) is 0 Å². The topological polar surface area (TPSA) is 97.6 Å². The van der Waals surface area contributed by atoms with Crippen LogP contribution in [0, 0.1) is 6.92 Å². The highest BCUT2D eigenvalue weighted by atomic mass is 79.9. The molecule has 1 aromatic heterocycles. The third-order valence-electron chi connectivity index (χ3n) is 4.08. The van der Waals surface area contributed by atoms with Gasteiger partial charge in [0, 0.05) is 5.39 Å². The van der Waals surface area contributed by atoms with Crippen molar-refractivity contribution < 1.29 is 31.8 Å². The first kappa shape index (κ1) is 21.1. The fraction of sp³-hybridized carbons (Fsp3) is 0.167. The van der Waals surface area contributed by atoms with Crippen molar-refractivity contribution in [1.29, 1.82) is 0 Å². The maximum absolute atomic E-state index is 13.3. The summed E-state index contributed by atoms with van der Waals surface area (Å²) in [7, 11) is -4.10. The van der Waals surface area contributed by atoms with Crippen molar-refractivity contribution in [2.24, 2.45) is 0 Å². The molecule has 0 unspecified atom stereocenters. The van der Waals surface area contributed by atoms with E-state index in [0.29, 0.717) is 5.39 Å². The van der Waals surface area contributed by atoms with Gasteiger partial charge < -0.3 is 15.2 Å². The first-order chi connectivity index (χ1) is 13.6. The van der Waals surface area contributed by atoms with E-state index in [1.54, 1.807) is 12.1 Å². The number of amides is 1. The Morgan fingerprint density at radius 2 is 1.90 bits per heavy atom. The van der Waals surface area contributed by atoms with Crippen LogP contribution in [0.5, 0.6) is 5.75 Å². The van der Waals surface area contributed by atoms with Crippen LogP contribution in [-0.2, 0) is 16.6 Å². The number of aryl methyl sites for hydroxylation is 1. The Labute approximate surface area is 173 Å². The van der Waals surface area contributed by atoms with Crippen LogP contribution < -0.4 is 10.1 Å². The molecule has 0 radical (unpaired) electrons. The number of alkyl halides is 2. The summed E-state index contributed by atoms with van der Waals surface area (Å²) in [5, 5.41) is 11.3. The summed E-state index contributed by atoms with van der Waals surface area (Å²) >= 11 is 3.11. The lowest BCUT2D eigenvalue weighted by Crippen LogP contribution is -2.24. The lowest BCUT2D eigenvalue weighted by Gasteiger charge is -2.13. The van der Waals surface area contributed by atoms with Gasteiger partial charge in [0.2, 0.25) is 0 Å². The molecule has 0 spiro atoms. The highest BCUT2D eigenvalue weighted by Crippen LogP contribution is 2.35. The molecule has 0 aliphatic heterocycles. The van der Waals surface area contributed by atoms with Gasteiger partial charge in [-0.05, 0) is 53.2 Å². The van der Waals surface area contributed by atoms with Crippen molar-refractivity contribution in [3.05, 3.63) is 58.2 Å². The number of nitrogens with one attached hydrogen (secondary N) is 1. The van der Waals surface area contributed by atoms with Gasteiger partial charge in [0.05, 0.1) is 27.1 Å². The summed E-state index contributed by atoms with van der Waals surface area (Å²) in [5.41, 5.74) is 1.16. The van der Waals surface area contributed by atoms with Crippen LogP contribution in [0.4, 0.5) is 13.6 Å². The molecule has 2 aromatic carbocycles. The van der Waals surface area contributed by atoms with E-state index in [0.717, 1.165) is 9.54 Å². The van der Waals surface area contributed by atoms with Gasteiger partial charge in [-0.2, -0.15) is 8.78 Å². The zero-order valence-corrected chi connectivity index (χ0v) is 17.3. The minimum Gasteiger partial charge on any atom is -0.465 e. The number of rotatable bonds is 6. The number of halogens is 3. The van der Waals surface area contributed by atoms with Crippen LogP contribution in [-0.4, -0.2) is 30.2 Å². The van der Waals surface area contributed by atoms with Crippen molar-refractivity contribution in [2.45, 2.75) is 25.0 Å². The highest BCUT2D eigenvalue weighted by Gasteiger charge is 2.24. The van der Waals surface area contributed by atoms with Crippen molar-refractivity contribution in [3.8, 4) is 5.75 Å². The third kappa shape index (κ3) is 4.35. The van der Waals surface area contributed by atoms with Gasteiger partial charge in [-0.15, -0.1) is 0 Å². The van der Waals surface area contributed by atoms with E-state index >= 15 is 0 Å². The van der Waals surface area contributed by atoms with E-state index in [-0.39, 0.29) is 32.9 Å². The second-order valence-electron chi connectivity index (χ2n) is 6.10. The van der Waals surface area contributed by atoms with E-state index in [1.807, 2.05) is 6.92 Å². The molecule has 1 amide bonds. The lowest BCUT2D eigenvalue weighted by molar-refractivity contribution is -0.0502. The second-order valence-corrected chi connectivity index (χ2v) is 8.74. The predicted molar refractivity (Wildman–Crippen MR) is 105 cm³/mol. The molecule has 0 aliphatic rings. The Bertz CT molecular complexity index is 1180. The Hall–Kier alpha value is -2.66. The Balaban J connectivity index is 2.24. The smallest absolute Gasteiger partial charge is 0.404 e. The number of carbonyl (C=O) groups is 1. The van der Waals surface area contributed by atoms with Gasteiger partial charge in [-0.3, -0.25) is 0 Å². The average Bonchev–Trinajstić information content (AvgIpc) is 2.98. The molecular formula is C18H15BrF2N2O5S. The Morgan fingerprint density at radius 3 is 2.48 bits per heavy atom. The predicted octanol–water partition coefficient (Wildman–Crippen LogP) is 4.32. The zero-order chi connectivity index (χ0) is 21.3. The zero-order valence-electron chi connectivity index (χ0n) is 14.9. The van der Waals surface area contributed by atoms with Crippen molar-refractivity contribution >= 4 is 42.9 Å². The van der Waals surface area contributed by atoms with Gasteiger partial charge >= 0.3 is 12.7 Å². The molecule has 0 atom stereocenters. The summed E-state index contributed by atoms with van der Waals surface area (Å²) in [6, 6.07) is 10.2. The van der Waals surface area contributed by atoms with Gasteiger partial charge in [-0.25, -0.2) is 17.2 Å². The molecule has 154 valence electrons. The fourth-order valence-electron chi connectivity index (χ4n) is 2.82. The van der Waals surface area contributed by atoms with E-state index in [9.17, 15) is 22.0 Å². The number of hydrogen-bond donors (Lipinski definition) is 2. The normalized spacial score (nSPS) is 11.8. The van der Waals surface area contributed by atoms with Crippen LogP contribution in [0.3, 0.4) is 0 Å². The number of nitrogens with zero attached hydrogens (tertiary/aromatic N) is 1. The Kier molecular flexibility index (Phi) is 5.80. The molecular weight excluding hydrogens is 474 g/mol. The summed E-state index contributed by atoms with van der Waals surface area (Å²) in [5.74, 6) is -0.171. The van der Waals surface area contributed by atoms with Crippen LogP contribution in [0.15, 0.2) is 51.8 Å². The monoisotopic (exact) mass is 488 g/mol. The van der Waals surface area contributed by atoms with Crippen molar-refractivity contribution in [2.75, 3.05) is 0 Å². The molecule has 2 N–H and O–H groups in total. The first-order valence-electron chi connectivity index (χ1n) is 8.17. The molecule has 0 aliphatic carbocycles. The van der Waals surface area contributed by atoms with Crippen LogP contribution >= 0.6 is 15.9 Å². The average molecular weight is 489 g/mol. The number of fused-ring (bicyclic) bond motifs is 1. The molecule has 3 rings (SSSR count). The maximum Gasteiger partial charge on any atom is 0.404 e. The second kappa shape index (κ2) is 7.99. The molecule has 0 saturated carbocycles. The molecule has 7 nitrogen and oxygen atoms in total. The van der Waals surface area contributed by atoms with Gasteiger partial charge in [0.1, 0.15) is 5.75 Å². The summed E-state index contributed by atoms with van der Waals surface area (Å²) in [6.45, 7) is -1.56. The SMILES string of the molecule is Cc1ccc(S(=O)(=O)n2c(CNC(=O)O)cc3cc(OC(F)F)c(Br)cc32)cc1. The van der Waals surface area contributed by atoms with Gasteiger partial charge in [-0.1, -0.05) is 17.7 Å². The molecule has 29 heavy (non-hydrogen) atoms. The van der Waals surface area contributed by atoms with E-state index < -0.39 is 22.7 Å². The maximum atomic E-state index is 13.3. The van der Waals surface area contributed by atoms with E-state index in [4.69, 9.17) is 5.11 Å². The summed E-state index contributed by atoms with van der Waals surface area (Å²) in [4.78, 5) is 10.9. The highest BCUT2D eigenvalue weighted by molar-refractivity contribution is 9.10. The number of carboxylic acid groups (broad SMARTS) is 1. The van der Waals surface area contributed by atoms with Gasteiger partial charge in [0.15, 0.2) is 0 Å². The lowest BCUT2D eigenvalue weighted by atomic mass is 10.2. The third-order valence-corrected chi connectivity index (χ3v) is 6.48. The summed E-state index contributed by atoms with van der Waals surface area (Å²) < 4.78 is 57.3. The molecule has 3 aromatic rings. The largest absolute Gasteiger partial charge is 0.465 e. The molecule has 1 heterocycles. The molecule has 0 saturated heterocycles. The van der Waals surface area contributed by atoms with E-state index in [1.165, 1.54) is 30.3 Å². The molecule has 11 heteroatoms. The minimum atomic E-state index is -4.10. The minimum absolute atomic E-state index is 0.00112. The fourth-order valence-corrected chi connectivity index (χ4v) is 4.78. The standard InChI is InChI=1S/C18H15BrF2N2O5S/c1-10-2-4-13(5-3-10)29(26,27)23-12(9-22-18(24)25)6-11-7-16(28-17(20)21)14(19)8-15(11)23/h2-8,17,22H,9H2,1H3,(H,24,25). The van der Waals surface area contributed by atoms with Crippen molar-refractivity contribution in [3.63, 3.8) is 0 Å². The van der Waals surface area contributed by atoms with Crippen molar-refractivity contribution in [1.82, 2.24) is 9.29 Å². The molecule has 0 bridgehead atoms. The van der Waals surface area contributed by atoms with Crippen LogP contribution in [0.1, 0.15) is 11.3 Å². The quantitative estimate of drug-likeness (QED) is 0.538. The first-order valence-corrected chi connectivity index (χ1v) is 10.4. The number of benzene rings is 2.